The number of aromatic nitrogens is 2. The van der Waals surface area contributed by atoms with Crippen LogP contribution in [0.5, 0.6) is 0 Å². The predicted octanol–water partition coefficient (Wildman–Crippen LogP) is 3.52. The van der Waals surface area contributed by atoms with Crippen molar-refractivity contribution in [2.75, 3.05) is 11.9 Å². The summed E-state index contributed by atoms with van der Waals surface area (Å²) in [5, 5.41) is 14.1. The Kier molecular flexibility index (Phi) is 4.55. The molecule has 112 valence electrons. The van der Waals surface area contributed by atoms with Crippen LogP contribution in [0.2, 0.25) is 5.15 Å². The van der Waals surface area contributed by atoms with E-state index in [9.17, 15) is 5.11 Å². The third-order valence-corrected chi connectivity index (χ3v) is 3.90. The highest BCUT2D eigenvalue weighted by Crippen LogP contribution is 2.39. The van der Waals surface area contributed by atoms with Crippen molar-refractivity contribution in [1.82, 2.24) is 9.97 Å². The van der Waals surface area contributed by atoms with Gasteiger partial charge in [-0.15, -0.1) is 0 Å². The first kappa shape index (κ1) is 15.5. The van der Waals surface area contributed by atoms with Crippen LogP contribution in [0, 0.1) is 12.8 Å². The Bertz CT molecular complexity index is 484. The van der Waals surface area contributed by atoms with Crippen LogP contribution in [0.3, 0.4) is 0 Å². The van der Waals surface area contributed by atoms with Crippen LogP contribution in [0.4, 0.5) is 5.82 Å². The molecule has 2 rings (SSSR count). The third-order valence-electron chi connectivity index (χ3n) is 3.53. The third kappa shape index (κ3) is 4.06. The summed E-state index contributed by atoms with van der Waals surface area (Å²) in [6.45, 7) is 8.42. The van der Waals surface area contributed by atoms with Gasteiger partial charge in [-0.25, -0.2) is 9.97 Å². The van der Waals surface area contributed by atoms with Crippen LogP contribution in [0.25, 0.3) is 0 Å². The monoisotopic (exact) mass is 297 g/mol. The highest BCUT2D eigenvalue weighted by molar-refractivity contribution is 6.30. The van der Waals surface area contributed by atoms with Gasteiger partial charge in [0.15, 0.2) is 0 Å². The molecule has 1 fully saturated rings. The second kappa shape index (κ2) is 5.86. The molecule has 0 saturated heterocycles. The van der Waals surface area contributed by atoms with Gasteiger partial charge in [-0.3, -0.25) is 0 Å². The summed E-state index contributed by atoms with van der Waals surface area (Å²) in [7, 11) is 0. The maximum Gasteiger partial charge on any atom is 0.137 e. The van der Waals surface area contributed by atoms with Gasteiger partial charge in [0.1, 0.15) is 16.8 Å². The van der Waals surface area contributed by atoms with Crippen molar-refractivity contribution >= 4 is 17.4 Å². The van der Waals surface area contributed by atoms with E-state index in [-0.39, 0.29) is 0 Å². The SMILES string of the molecule is Cc1c(Cl)nc(C2CC2)nc1NCC(C)(O)CC(C)C. The fourth-order valence-electron chi connectivity index (χ4n) is 2.43. The van der Waals surface area contributed by atoms with E-state index in [1.54, 1.807) is 0 Å². The molecule has 1 unspecified atom stereocenters. The topological polar surface area (TPSA) is 58.0 Å². The molecule has 0 aromatic carbocycles. The van der Waals surface area contributed by atoms with Crippen LogP contribution in [-0.2, 0) is 0 Å². The van der Waals surface area contributed by atoms with Gasteiger partial charge in [-0.2, -0.15) is 0 Å². The summed E-state index contributed by atoms with van der Waals surface area (Å²) in [4.78, 5) is 8.90. The van der Waals surface area contributed by atoms with Gasteiger partial charge in [0.25, 0.3) is 0 Å². The zero-order chi connectivity index (χ0) is 14.9. The molecule has 5 heteroatoms. The lowest BCUT2D eigenvalue weighted by atomic mass is 9.94. The molecule has 0 radical (unpaired) electrons. The van der Waals surface area contributed by atoms with Crippen molar-refractivity contribution in [1.29, 1.82) is 0 Å². The number of rotatable bonds is 6. The molecule has 1 aromatic heterocycles. The standard InChI is InChI=1S/C15H24ClN3O/c1-9(2)7-15(4,20)8-17-13-10(3)12(16)18-14(19-13)11-5-6-11/h9,11,20H,5-8H2,1-4H3,(H,17,18,19). The summed E-state index contributed by atoms with van der Waals surface area (Å²) in [6.07, 6.45) is 3.03. The van der Waals surface area contributed by atoms with Crippen molar-refractivity contribution in [2.24, 2.45) is 5.92 Å². The van der Waals surface area contributed by atoms with Gasteiger partial charge in [0.2, 0.25) is 0 Å². The number of aliphatic hydroxyl groups is 1. The van der Waals surface area contributed by atoms with E-state index < -0.39 is 5.60 Å². The molecule has 0 spiro atoms. The van der Waals surface area contributed by atoms with Crippen LogP contribution in [0.15, 0.2) is 0 Å². The van der Waals surface area contributed by atoms with E-state index >= 15 is 0 Å². The molecular weight excluding hydrogens is 274 g/mol. The lowest BCUT2D eigenvalue weighted by Gasteiger charge is -2.26. The summed E-state index contributed by atoms with van der Waals surface area (Å²) in [5.74, 6) is 2.48. The first-order valence-electron chi connectivity index (χ1n) is 7.29. The van der Waals surface area contributed by atoms with E-state index in [4.69, 9.17) is 11.6 Å². The minimum absolute atomic E-state index is 0.448. The largest absolute Gasteiger partial charge is 0.388 e. The molecule has 1 saturated carbocycles. The first-order valence-corrected chi connectivity index (χ1v) is 7.66. The fraction of sp³-hybridized carbons (Fsp3) is 0.733. The molecule has 2 N–H and O–H groups in total. The van der Waals surface area contributed by atoms with E-state index in [1.165, 1.54) is 0 Å². The second-order valence-corrected chi connectivity index (χ2v) is 6.93. The lowest BCUT2D eigenvalue weighted by molar-refractivity contribution is 0.0514. The van der Waals surface area contributed by atoms with Crippen LogP contribution < -0.4 is 5.32 Å². The van der Waals surface area contributed by atoms with Crippen molar-refractivity contribution < 1.29 is 5.11 Å². The molecule has 0 aliphatic heterocycles. The van der Waals surface area contributed by atoms with E-state index in [0.29, 0.717) is 23.5 Å². The molecule has 1 aliphatic carbocycles. The Morgan fingerprint density at radius 2 is 2.05 bits per heavy atom. The predicted molar refractivity (Wildman–Crippen MR) is 82.3 cm³/mol. The van der Waals surface area contributed by atoms with Crippen LogP contribution >= 0.6 is 11.6 Å². The number of hydrogen-bond acceptors (Lipinski definition) is 4. The van der Waals surface area contributed by atoms with Crippen LogP contribution in [-0.4, -0.2) is 27.2 Å². The van der Waals surface area contributed by atoms with Gasteiger partial charge in [-0.05, 0) is 39.0 Å². The minimum atomic E-state index is -0.752. The summed E-state index contributed by atoms with van der Waals surface area (Å²) in [6, 6.07) is 0. The summed E-state index contributed by atoms with van der Waals surface area (Å²) in [5.41, 5.74) is 0.0917. The highest BCUT2D eigenvalue weighted by Gasteiger charge is 2.28. The average Bonchev–Trinajstić information content (AvgIpc) is 3.13. The van der Waals surface area contributed by atoms with Crippen molar-refractivity contribution in [3.8, 4) is 0 Å². The van der Waals surface area contributed by atoms with Gasteiger partial charge < -0.3 is 10.4 Å². The summed E-state index contributed by atoms with van der Waals surface area (Å²) >= 11 is 6.17. The Hall–Kier alpha value is -0.870. The Balaban J connectivity index is 2.08. The van der Waals surface area contributed by atoms with E-state index in [1.807, 2.05) is 13.8 Å². The zero-order valence-corrected chi connectivity index (χ0v) is 13.5. The van der Waals surface area contributed by atoms with Crippen LogP contribution in [0.1, 0.15) is 57.3 Å². The highest BCUT2D eigenvalue weighted by atomic mass is 35.5. The number of halogens is 1. The molecule has 1 atom stereocenters. The second-order valence-electron chi connectivity index (χ2n) is 6.57. The Morgan fingerprint density at radius 3 is 2.60 bits per heavy atom. The van der Waals surface area contributed by atoms with Crippen molar-refractivity contribution in [3.05, 3.63) is 16.5 Å². The van der Waals surface area contributed by atoms with E-state index in [0.717, 1.165) is 36.5 Å². The molecule has 1 aliphatic rings. The maximum atomic E-state index is 10.4. The minimum Gasteiger partial charge on any atom is -0.388 e. The number of nitrogens with zero attached hydrogens (tertiary/aromatic N) is 2. The van der Waals surface area contributed by atoms with Crippen molar-refractivity contribution in [3.63, 3.8) is 0 Å². The van der Waals surface area contributed by atoms with Gasteiger partial charge >= 0.3 is 0 Å². The fourth-order valence-corrected chi connectivity index (χ4v) is 2.60. The van der Waals surface area contributed by atoms with E-state index in [2.05, 4.69) is 29.1 Å². The zero-order valence-electron chi connectivity index (χ0n) is 12.7. The number of anilines is 1. The first-order chi connectivity index (χ1) is 9.28. The smallest absolute Gasteiger partial charge is 0.137 e. The molecule has 0 amide bonds. The van der Waals surface area contributed by atoms with Gasteiger partial charge in [0.05, 0.1) is 5.60 Å². The lowest BCUT2D eigenvalue weighted by Crippen LogP contribution is -2.35. The van der Waals surface area contributed by atoms with Gasteiger partial charge in [0, 0.05) is 18.0 Å². The maximum absolute atomic E-state index is 10.4. The Labute approximate surface area is 126 Å². The molecule has 1 aromatic rings. The molecular formula is C15H24ClN3O. The van der Waals surface area contributed by atoms with Gasteiger partial charge in [-0.1, -0.05) is 25.4 Å². The Morgan fingerprint density at radius 1 is 1.40 bits per heavy atom. The average molecular weight is 298 g/mol. The summed E-state index contributed by atoms with van der Waals surface area (Å²) < 4.78 is 0. The van der Waals surface area contributed by atoms with Crippen molar-refractivity contribution in [2.45, 2.75) is 58.5 Å². The molecule has 4 nitrogen and oxygen atoms in total. The normalized spacial score (nSPS) is 18.1. The number of hydrogen-bond donors (Lipinski definition) is 2. The number of nitrogens with one attached hydrogen (secondary N) is 1. The molecule has 20 heavy (non-hydrogen) atoms. The molecule has 1 heterocycles. The quantitative estimate of drug-likeness (QED) is 0.789. The molecule has 0 bridgehead atoms.